The van der Waals surface area contributed by atoms with Crippen LogP contribution in [0.3, 0.4) is 0 Å². The smallest absolute Gasteiger partial charge is 0.234 e. The van der Waals surface area contributed by atoms with Crippen LogP contribution in [0.2, 0.25) is 0 Å². The highest BCUT2D eigenvalue weighted by Crippen LogP contribution is 2.29. The topological polar surface area (TPSA) is 84.2 Å². The first kappa shape index (κ1) is 16.5. The van der Waals surface area contributed by atoms with Crippen LogP contribution in [-0.4, -0.2) is 30.8 Å². The minimum Gasteiger partial charge on any atom is -0.332 e. The predicted molar refractivity (Wildman–Crippen MR) is 98.2 cm³/mol. The third-order valence-electron chi connectivity index (χ3n) is 3.45. The Morgan fingerprint density at radius 2 is 2.12 bits per heavy atom. The van der Waals surface area contributed by atoms with E-state index in [1.807, 2.05) is 32.0 Å². The third-order valence-corrected chi connectivity index (χ3v) is 4.61. The van der Waals surface area contributed by atoms with Crippen LogP contribution >= 0.6 is 23.6 Å². The second-order valence-electron chi connectivity index (χ2n) is 5.23. The molecule has 0 bridgehead atoms. The van der Waals surface area contributed by atoms with Gasteiger partial charge in [-0.05, 0) is 37.7 Å². The molecule has 7 nitrogen and oxygen atoms in total. The van der Waals surface area contributed by atoms with E-state index in [4.69, 9.17) is 12.2 Å². The van der Waals surface area contributed by atoms with Gasteiger partial charge in [-0.2, -0.15) is 9.61 Å². The van der Waals surface area contributed by atoms with Crippen molar-refractivity contribution in [1.82, 2.24) is 25.1 Å². The summed E-state index contributed by atoms with van der Waals surface area (Å²) >= 11 is 6.64. The Kier molecular flexibility index (Phi) is 4.54. The van der Waals surface area contributed by atoms with E-state index in [-0.39, 0.29) is 11.0 Å². The number of aromatic nitrogens is 4. The second kappa shape index (κ2) is 6.62. The van der Waals surface area contributed by atoms with Gasteiger partial charge in [0.2, 0.25) is 10.9 Å². The van der Waals surface area contributed by atoms with Gasteiger partial charge in [0.15, 0.2) is 10.9 Å². The lowest BCUT2D eigenvalue weighted by Crippen LogP contribution is -2.33. The molecule has 9 heteroatoms. The average Bonchev–Trinajstić information content (AvgIpc) is 3.12. The molecule has 3 rings (SSSR count). The number of thiocarbonyl (C=S) groups is 1. The highest BCUT2D eigenvalue weighted by molar-refractivity contribution is 7.80. The lowest BCUT2D eigenvalue weighted by molar-refractivity contribution is -0.119. The van der Waals surface area contributed by atoms with Crippen molar-refractivity contribution in [3.8, 4) is 10.6 Å². The summed E-state index contributed by atoms with van der Waals surface area (Å²) in [5.74, 6) is 0.631. The van der Waals surface area contributed by atoms with Gasteiger partial charge in [0, 0.05) is 17.7 Å². The van der Waals surface area contributed by atoms with Crippen molar-refractivity contribution in [2.75, 3.05) is 5.32 Å². The van der Waals surface area contributed by atoms with Crippen LogP contribution in [0, 0.1) is 13.8 Å². The van der Waals surface area contributed by atoms with Crippen LogP contribution in [0.4, 0.5) is 5.69 Å². The molecule has 2 aromatic heterocycles. The second-order valence-corrected chi connectivity index (χ2v) is 6.60. The van der Waals surface area contributed by atoms with Gasteiger partial charge in [-0.1, -0.05) is 30.4 Å². The Morgan fingerprint density at radius 1 is 1.33 bits per heavy atom. The minimum atomic E-state index is -0.120. The number of nitrogens with zero attached hydrogens (tertiary/aromatic N) is 4. The summed E-state index contributed by atoms with van der Waals surface area (Å²) in [6.07, 6.45) is 0.382. The highest BCUT2D eigenvalue weighted by atomic mass is 32.1. The van der Waals surface area contributed by atoms with Crippen molar-refractivity contribution in [1.29, 1.82) is 0 Å². The molecule has 1 aromatic carbocycles. The number of anilines is 1. The number of hydrogen-bond donors (Lipinski definition) is 2. The van der Waals surface area contributed by atoms with Crippen LogP contribution in [0.15, 0.2) is 18.2 Å². The molecule has 2 heterocycles. The Morgan fingerprint density at radius 3 is 2.83 bits per heavy atom. The van der Waals surface area contributed by atoms with Crippen molar-refractivity contribution in [3.63, 3.8) is 0 Å². The first-order valence-corrected chi connectivity index (χ1v) is 8.61. The molecule has 0 saturated carbocycles. The van der Waals surface area contributed by atoms with E-state index in [0.717, 1.165) is 32.6 Å². The Bertz CT molecular complexity index is 929. The Balaban J connectivity index is 1.88. The molecular weight excluding hydrogens is 344 g/mol. The molecule has 124 valence electrons. The fraction of sp³-hybridized carbons (Fsp3) is 0.267. The van der Waals surface area contributed by atoms with Gasteiger partial charge in [0.05, 0.1) is 0 Å². The van der Waals surface area contributed by atoms with E-state index in [2.05, 4.69) is 25.9 Å². The van der Waals surface area contributed by atoms with E-state index >= 15 is 0 Å². The van der Waals surface area contributed by atoms with Crippen molar-refractivity contribution >= 4 is 45.2 Å². The first-order valence-electron chi connectivity index (χ1n) is 7.38. The van der Waals surface area contributed by atoms with E-state index in [1.54, 1.807) is 11.4 Å². The number of hydrogen-bond acceptors (Lipinski definition) is 6. The van der Waals surface area contributed by atoms with Gasteiger partial charge in [0.1, 0.15) is 5.01 Å². The number of carbonyl (C=O) groups is 1. The number of fused-ring (bicyclic) bond motifs is 1. The fourth-order valence-corrected chi connectivity index (χ4v) is 3.19. The van der Waals surface area contributed by atoms with E-state index in [9.17, 15) is 4.79 Å². The molecule has 1 amide bonds. The molecule has 0 fully saturated rings. The third kappa shape index (κ3) is 3.26. The molecule has 0 spiro atoms. The summed E-state index contributed by atoms with van der Waals surface area (Å²) in [5, 5.41) is 19.4. The van der Waals surface area contributed by atoms with Crippen molar-refractivity contribution in [2.24, 2.45) is 0 Å². The van der Waals surface area contributed by atoms with Crippen LogP contribution in [-0.2, 0) is 4.79 Å². The normalized spacial score (nSPS) is 10.8. The zero-order valence-corrected chi connectivity index (χ0v) is 15.1. The summed E-state index contributed by atoms with van der Waals surface area (Å²) in [5.41, 5.74) is 2.80. The summed E-state index contributed by atoms with van der Waals surface area (Å²) in [4.78, 5) is 12.2. The summed E-state index contributed by atoms with van der Waals surface area (Å²) in [7, 11) is 0. The summed E-state index contributed by atoms with van der Waals surface area (Å²) in [6, 6.07) is 5.94. The molecule has 3 aromatic rings. The number of amides is 1. The summed E-state index contributed by atoms with van der Waals surface area (Å²) in [6.45, 7) is 5.61. The molecule has 24 heavy (non-hydrogen) atoms. The van der Waals surface area contributed by atoms with E-state index in [0.29, 0.717) is 6.42 Å². The van der Waals surface area contributed by atoms with Gasteiger partial charge >= 0.3 is 0 Å². The van der Waals surface area contributed by atoms with E-state index < -0.39 is 0 Å². The number of benzene rings is 1. The zero-order chi connectivity index (χ0) is 17.3. The fourth-order valence-electron chi connectivity index (χ4n) is 2.09. The van der Waals surface area contributed by atoms with Crippen molar-refractivity contribution < 1.29 is 4.79 Å². The lowest BCUT2D eigenvalue weighted by atomic mass is 10.1. The van der Waals surface area contributed by atoms with Crippen molar-refractivity contribution in [2.45, 2.75) is 27.2 Å². The van der Waals surface area contributed by atoms with Crippen molar-refractivity contribution in [3.05, 3.63) is 29.6 Å². The largest absolute Gasteiger partial charge is 0.332 e. The zero-order valence-electron chi connectivity index (χ0n) is 13.5. The quantitative estimate of drug-likeness (QED) is 0.699. The number of rotatable bonds is 3. The standard InChI is InChI=1S/C15H16N6OS2/c1-4-12(22)17-14(23)16-11-7-10(6-5-8(11)2)13-20-21-9(3)18-19-15(21)24-13/h5-7H,4H2,1-3H3,(H2,16,17,22,23). The maximum atomic E-state index is 11.4. The maximum absolute atomic E-state index is 11.4. The first-order chi connectivity index (χ1) is 11.5. The minimum absolute atomic E-state index is 0.120. The van der Waals surface area contributed by atoms with Crippen LogP contribution < -0.4 is 10.6 Å². The van der Waals surface area contributed by atoms with E-state index in [1.165, 1.54) is 11.3 Å². The van der Waals surface area contributed by atoms with Crippen LogP contribution in [0.5, 0.6) is 0 Å². The number of aryl methyl sites for hydroxylation is 2. The molecular formula is C15H16N6OS2. The van der Waals surface area contributed by atoms with Gasteiger partial charge in [-0.3, -0.25) is 4.79 Å². The monoisotopic (exact) mass is 360 g/mol. The van der Waals surface area contributed by atoms with Gasteiger partial charge in [-0.25, -0.2) is 0 Å². The molecule has 0 aliphatic rings. The molecule has 0 aliphatic heterocycles. The van der Waals surface area contributed by atoms with Gasteiger partial charge in [-0.15, -0.1) is 10.2 Å². The molecule has 0 radical (unpaired) electrons. The predicted octanol–water partition coefficient (Wildman–Crippen LogP) is 2.69. The molecule has 0 aliphatic carbocycles. The Labute approximate surface area is 148 Å². The molecule has 0 saturated heterocycles. The lowest BCUT2D eigenvalue weighted by Gasteiger charge is -2.12. The van der Waals surface area contributed by atoms with Gasteiger partial charge in [0.25, 0.3) is 0 Å². The van der Waals surface area contributed by atoms with Gasteiger partial charge < -0.3 is 10.6 Å². The number of carbonyl (C=O) groups excluding carboxylic acids is 1. The molecule has 0 atom stereocenters. The maximum Gasteiger partial charge on any atom is 0.234 e. The highest BCUT2D eigenvalue weighted by Gasteiger charge is 2.12. The van der Waals surface area contributed by atoms with Crippen LogP contribution in [0.1, 0.15) is 24.7 Å². The van der Waals surface area contributed by atoms with Crippen LogP contribution in [0.25, 0.3) is 15.5 Å². The molecule has 0 unspecified atom stereocenters. The SMILES string of the molecule is CCC(=O)NC(=S)Nc1cc(-c2nn3c(C)nnc3s2)ccc1C. The number of nitrogens with one attached hydrogen (secondary N) is 2. The molecule has 2 N–H and O–H groups in total. The Hall–Kier alpha value is -2.39. The summed E-state index contributed by atoms with van der Waals surface area (Å²) < 4.78 is 1.72. The average molecular weight is 360 g/mol.